The van der Waals surface area contributed by atoms with Crippen molar-refractivity contribution in [2.24, 2.45) is 0 Å². The summed E-state index contributed by atoms with van der Waals surface area (Å²) in [5, 5.41) is 6.71. The first-order valence-corrected chi connectivity index (χ1v) is 6.78. The van der Waals surface area contributed by atoms with E-state index in [1.165, 1.54) is 6.07 Å². The van der Waals surface area contributed by atoms with Crippen LogP contribution in [0, 0.1) is 5.82 Å². The van der Waals surface area contributed by atoms with Crippen LogP contribution in [0.2, 0.25) is 0 Å². The number of halogens is 3. The monoisotopic (exact) mass is 319 g/mol. The standard InChI is InChI=1S/C16H12F3N3O/c17-12-8-11(15-21-22-16(23-15)14(18)19)6-5-9(12)7-10-3-1-2-4-13(10)20/h1-6,8,14H,7,20H2. The Morgan fingerprint density at radius 3 is 2.48 bits per heavy atom. The average molecular weight is 319 g/mol. The predicted octanol–water partition coefficient (Wildman–Crippen LogP) is 3.99. The van der Waals surface area contributed by atoms with E-state index in [1.807, 2.05) is 12.1 Å². The summed E-state index contributed by atoms with van der Waals surface area (Å²) in [6, 6.07) is 11.4. The lowest BCUT2D eigenvalue weighted by atomic mass is 10.0. The summed E-state index contributed by atoms with van der Waals surface area (Å²) in [5.41, 5.74) is 7.90. The fourth-order valence-corrected chi connectivity index (χ4v) is 2.16. The van der Waals surface area contributed by atoms with Crippen molar-refractivity contribution in [2.75, 3.05) is 5.73 Å². The maximum Gasteiger partial charge on any atom is 0.314 e. The molecule has 0 amide bonds. The second kappa shape index (κ2) is 6.12. The van der Waals surface area contributed by atoms with Gasteiger partial charge in [0.15, 0.2) is 0 Å². The van der Waals surface area contributed by atoms with E-state index in [1.54, 1.807) is 24.3 Å². The van der Waals surface area contributed by atoms with Crippen LogP contribution in [0.1, 0.15) is 23.4 Å². The summed E-state index contributed by atoms with van der Waals surface area (Å²) in [6.45, 7) is 0. The first-order chi connectivity index (χ1) is 11.0. The van der Waals surface area contributed by atoms with E-state index in [4.69, 9.17) is 10.2 Å². The maximum absolute atomic E-state index is 14.2. The molecule has 1 heterocycles. The lowest BCUT2D eigenvalue weighted by molar-refractivity contribution is 0.116. The van der Waals surface area contributed by atoms with Gasteiger partial charge in [-0.15, -0.1) is 10.2 Å². The Labute approximate surface area is 129 Å². The van der Waals surface area contributed by atoms with Gasteiger partial charge in [0, 0.05) is 17.7 Å². The van der Waals surface area contributed by atoms with Gasteiger partial charge >= 0.3 is 6.43 Å². The van der Waals surface area contributed by atoms with Gasteiger partial charge in [-0.3, -0.25) is 0 Å². The number of anilines is 1. The number of nitrogen functional groups attached to an aromatic ring is 1. The molecule has 0 unspecified atom stereocenters. The predicted molar refractivity (Wildman–Crippen MR) is 78.3 cm³/mol. The van der Waals surface area contributed by atoms with Crippen molar-refractivity contribution in [3.05, 3.63) is 65.3 Å². The fourth-order valence-electron chi connectivity index (χ4n) is 2.16. The van der Waals surface area contributed by atoms with E-state index in [-0.39, 0.29) is 11.5 Å². The molecule has 0 atom stereocenters. The largest absolute Gasteiger partial charge is 0.415 e. The molecule has 2 aromatic carbocycles. The summed E-state index contributed by atoms with van der Waals surface area (Å²) in [4.78, 5) is 0. The van der Waals surface area contributed by atoms with E-state index in [9.17, 15) is 13.2 Å². The van der Waals surface area contributed by atoms with Gasteiger partial charge in [-0.25, -0.2) is 4.39 Å². The first-order valence-electron chi connectivity index (χ1n) is 6.78. The number of hydrogen-bond donors (Lipinski definition) is 1. The third-order valence-electron chi connectivity index (χ3n) is 3.36. The fraction of sp³-hybridized carbons (Fsp3) is 0.125. The Morgan fingerprint density at radius 2 is 1.83 bits per heavy atom. The highest BCUT2D eigenvalue weighted by atomic mass is 19.3. The molecule has 0 bridgehead atoms. The Kier molecular flexibility index (Phi) is 4.01. The molecule has 118 valence electrons. The van der Waals surface area contributed by atoms with E-state index in [0.29, 0.717) is 17.7 Å². The number of rotatable bonds is 4. The van der Waals surface area contributed by atoms with Gasteiger partial charge < -0.3 is 10.2 Å². The normalized spacial score (nSPS) is 11.1. The quantitative estimate of drug-likeness (QED) is 0.739. The molecule has 0 radical (unpaired) electrons. The molecule has 0 fully saturated rings. The van der Waals surface area contributed by atoms with Crippen molar-refractivity contribution < 1.29 is 17.6 Å². The van der Waals surface area contributed by atoms with Crippen LogP contribution < -0.4 is 5.73 Å². The van der Waals surface area contributed by atoms with Crippen LogP contribution in [0.25, 0.3) is 11.5 Å². The van der Waals surface area contributed by atoms with Crippen LogP contribution in [0.5, 0.6) is 0 Å². The third-order valence-corrected chi connectivity index (χ3v) is 3.36. The highest BCUT2D eigenvalue weighted by molar-refractivity contribution is 5.55. The van der Waals surface area contributed by atoms with Gasteiger partial charge in [0.1, 0.15) is 5.82 Å². The van der Waals surface area contributed by atoms with E-state index < -0.39 is 18.1 Å². The number of aromatic nitrogens is 2. The average Bonchev–Trinajstić information content (AvgIpc) is 3.01. The van der Waals surface area contributed by atoms with Gasteiger partial charge in [0.2, 0.25) is 5.89 Å². The van der Waals surface area contributed by atoms with E-state index >= 15 is 0 Å². The number of alkyl halides is 2. The van der Waals surface area contributed by atoms with Crippen LogP contribution in [-0.4, -0.2) is 10.2 Å². The van der Waals surface area contributed by atoms with Gasteiger partial charge in [-0.2, -0.15) is 8.78 Å². The van der Waals surface area contributed by atoms with Gasteiger partial charge in [-0.1, -0.05) is 24.3 Å². The van der Waals surface area contributed by atoms with Crippen LogP contribution in [0.3, 0.4) is 0 Å². The Bertz CT molecular complexity index is 833. The molecule has 2 N–H and O–H groups in total. The zero-order valence-corrected chi connectivity index (χ0v) is 11.8. The molecule has 0 aliphatic rings. The van der Waals surface area contributed by atoms with E-state index in [2.05, 4.69) is 10.2 Å². The molecule has 7 heteroatoms. The Balaban J connectivity index is 1.87. The summed E-state index contributed by atoms with van der Waals surface area (Å²) in [5.74, 6) is -1.44. The highest BCUT2D eigenvalue weighted by Crippen LogP contribution is 2.26. The SMILES string of the molecule is Nc1ccccc1Cc1ccc(-c2nnc(C(F)F)o2)cc1F. The van der Waals surface area contributed by atoms with Crippen molar-refractivity contribution in [1.29, 1.82) is 0 Å². The molecule has 3 rings (SSSR count). The van der Waals surface area contributed by atoms with Crippen LogP contribution in [-0.2, 0) is 6.42 Å². The number of benzene rings is 2. The van der Waals surface area contributed by atoms with Crippen molar-refractivity contribution >= 4 is 5.69 Å². The topological polar surface area (TPSA) is 64.9 Å². The Hall–Kier alpha value is -2.83. The molecule has 0 saturated heterocycles. The summed E-state index contributed by atoms with van der Waals surface area (Å²) in [6.07, 6.45) is -2.54. The lowest BCUT2D eigenvalue weighted by Gasteiger charge is -2.07. The zero-order chi connectivity index (χ0) is 16.4. The maximum atomic E-state index is 14.2. The molecule has 0 saturated carbocycles. The van der Waals surface area contributed by atoms with Crippen LogP contribution in [0.4, 0.5) is 18.9 Å². The second-order valence-corrected chi connectivity index (χ2v) is 4.93. The van der Waals surface area contributed by atoms with Crippen molar-refractivity contribution in [2.45, 2.75) is 12.8 Å². The van der Waals surface area contributed by atoms with Gasteiger partial charge in [0.05, 0.1) is 0 Å². The van der Waals surface area contributed by atoms with Crippen LogP contribution in [0.15, 0.2) is 46.9 Å². The van der Waals surface area contributed by atoms with Crippen molar-refractivity contribution in [3.63, 3.8) is 0 Å². The number of nitrogens with two attached hydrogens (primary N) is 1. The molecule has 1 aromatic heterocycles. The molecule has 4 nitrogen and oxygen atoms in total. The van der Waals surface area contributed by atoms with Crippen molar-refractivity contribution in [1.82, 2.24) is 10.2 Å². The minimum absolute atomic E-state index is 0.148. The smallest absolute Gasteiger partial charge is 0.314 e. The third kappa shape index (κ3) is 3.18. The summed E-state index contributed by atoms with van der Waals surface area (Å²) in [7, 11) is 0. The number of nitrogens with zero attached hydrogens (tertiary/aromatic N) is 2. The molecule has 23 heavy (non-hydrogen) atoms. The number of hydrogen-bond acceptors (Lipinski definition) is 4. The van der Waals surface area contributed by atoms with Crippen molar-refractivity contribution in [3.8, 4) is 11.5 Å². The Morgan fingerprint density at radius 1 is 1.04 bits per heavy atom. The van der Waals surface area contributed by atoms with Crippen LogP contribution >= 0.6 is 0 Å². The minimum atomic E-state index is -2.86. The van der Waals surface area contributed by atoms with E-state index in [0.717, 1.165) is 5.56 Å². The van der Waals surface area contributed by atoms with Gasteiger partial charge in [0.25, 0.3) is 5.89 Å². The summed E-state index contributed by atoms with van der Waals surface area (Å²) >= 11 is 0. The number of para-hydroxylation sites is 1. The molecule has 3 aromatic rings. The zero-order valence-electron chi connectivity index (χ0n) is 11.8. The first kappa shape index (κ1) is 15.1. The molecule has 0 spiro atoms. The highest BCUT2D eigenvalue weighted by Gasteiger charge is 2.18. The molecule has 0 aliphatic heterocycles. The summed E-state index contributed by atoms with van der Waals surface area (Å²) < 4.78 is 43.9. The molecule has 0 aliphatic carbocycles. The second-order valence-electron chi connectivity index (χ2n) is 4.93. The minimum Gasteiger partial charge on any atom is -0.415 e. The van der Waals surface area contributed by atoms with Gasteiger partial charge in [-0.05, 0) is 29.3 Å². The molecular formula is C16H12F3N3O. The molecular weight excluding hydrogens is 307 g/mol. The lowest BCUT2D eigenvalue weighted by Crippen LogP contribution is -1.98.